The normalized spacial score (nSPS) is 16.7. The lowest BCUT2D eigenvalue weighted by atomic mass is 9.78. The van der Waals surface area contributed by atoms with Crippen LogP contribution in [-0.2, 0) is 6.42 Å². The minimum atomic E-state index is -0.248. The molecule has 1 aromatic carbocycles. The number of nitrogens with zero attached hydrogens (tertiary/aromatic N) is 1. The number of fused-ring (bicyclic) bond motifs is 1. The first-order valence-corrected chi connectivity index (χ1v) is 8.77. The molecule has 0 spiro atoms. The zero-order valence-corrected chi connectivity index (χ0v) is 14.6. The topological polar surface area (TPSA) is 56.6 Å². The van der Waals surface area contributed by atoms with E-state index in [1.165, 1.54) is 11.1 Å². The average Bonchev–Trinajstić information content (AvgIpc) is 2.55. The number of nitrogens with one attached hydrogen (secondary N) is 1. The van der Waals surface area contributed by atoms with E-state index < -0.39 is 0 Å². The van der Waals surface area contributed by atoms with Crippen LogP contribution in [0.3, 0.4) is 0 Å². The van der Waals surface area contributed by atoms with Crippen LogP contribution in [0.1, 0.15) is 61.4 Å². The van der Waals surface area contributed by atoms with Crippen molar-refractivity contribution in [1.29, 1.82) is 5.26 Å². The first-order chi connectivity index (χ1) is 11.5. The Morgan fingerprint density at radius 2 is 2.00 bits per heavy atom. The Morgan fingerprint density at radius 3 is 2.62 bits per heavy atom. The summed E-state index contributed by atoms with van der Waals surface area (Å²) in [6.07, 6.45) is 4.22. The Bertz CT molecular complexity index is 838. The average molecular weight is 320 g/mol. The molecule has 1 unspecified atom stereocenters. The molecule has 1 heterocycles. The number of aromatic nitrogens is 1. The number of hydrogen-bond acceptors (Lipinski definition) is 2. The number of nitriles is 1. The number of aromatic amines is 1. The van der Waals surface area contributed by atoms with Gasteiger partial charge in [-0.05, 0) is 55.6 Å². The maximum absolute atomic E-state index is 12.5. The van der Waals surface area contributed by atoms with Crippen LogP contribution >= 0.6 is 0 Å². The number of benzene rings is 1. The summed E-state index contributed by atoms with van der Waals surface area (Å²) in [6, 6.07) is 10.3. The Hall–Kier alpha value is -2.34. The van der Waals surface area contributed by atoms with Gasteiger partial charge in [-0.1, -0.05) is 43.7 Å². The number of aryl methyl sites for hydroxylation is 1. The van der Waals surface area contributed by atoms with Crippen LogP contribution < -0.4 is 5.56 Å². The Kier molecular flexibility index (Phi) is 4.57. The van der Waals surface area contributed by atoms with E-state index >= 15 is 0 Å². The third-order valence-electron chi connectivity index (χ3n) is 4.95. The van der Waals surface area contributed by atoms with Crippen LogP contribution in [0.25, 0.3) is 11.1 Å². The summed E-state index contributed by atoms with van der Waals surface area (Å²) in [5.74, 6) is 0.973. The summed E-state index contributed by atoms with van der Waals surface area (Å²) >= 11 is 0. The molecule has 124 valence electrons. The van der Waals surface area contributed by atoms with E-state index in [0.29, 0.717) is 11.8 Å². The smallest absolute Gasteiger partial charge is 0.266 e. The van der Waals surface area contributed by atoms with Crippen molar-refractivity contribution in [2.45, 2.75) is 52.4 Å². The molecule has 1 aliphatic carbocycles. The predicted molar refractivity (Wildman–Crippen MR) is 97.1 cm³/mol. The van der Waals surface area contributed by atoms with Gasteiger partial charge in [-0.2, -0.15) is 5.26 Å². The number of hydrogen-bond donors (Lipinski definition) is 1. The molecule has 0 radical (unpaired) electrons. The SMILES string of the molecule is Cc1ccc(-c2c3c([nH]c(=O)c2C#N)C(CC(C)C)CCC3)cc1. The highest BCUT2D eigenvalue weighted by atomic mass is 16.1. The maximum atomic E-state index is 12.5. The van der Waals surface area contributed by atoms with Gasteiger partial charge in [0.15, 0.2) is 0 Å². The van der Waals surface area contributed by atoms with E-state index in [1.807, 2.05) is 31.2 Å². The Labute approximate surface area is 143 Å². The molecule has 2 aromatic rings. The van der Waals surface area contributed by atoms with Crippen molar-refractivity contribution in [1.82, 2.24) is 4.98 Å². The van der Waals surface area contributed by atoms with E-state index in [1.54, 1.807) is 0 Å². The summed E-state index contributed by atoms with van der Waals surface area (Å²) in [5, 5.41) is 9.56. The molecule has 3 rings (SSSR count). The quantitative estimate of drug-likeness (QED) is 0.892. The monoisotopic (exact) mass is 320 g/mol. The van der Waals surface area contributed by atoms with E-state index in [9.17, 15) is 10.1 Å². The van der Waals surface area contributed by atoms with Gasteiger partial charge in [0.1, 0.15) is 11.6 Å². The van der Waals surface area contributed by atoms with Gasteiger partial charge in [0.25, 0.3) is 5.56 Å². The highest BCUT2D eigenvalue weighted by Gasteiger charge is 2.27. The van der Waals surface area contributed by atoms with Crippen molar-refractivity contribution in [3.8, 4) is 17.2 Å². The van der Waals surface area contributed by atoms with E-state index in [4.69, 9.17) is 0 Å². The van der Waals surface area contributed by atoms with Gasteiger partial charge in [0.05, 0.1) is 0 Å². The summed E-state index contributed by atoms with van der Waals surface area (Å²) in [7, 11) is 0. The molecule has 1 aliphatic rings. The lowest BCUT2D eigenvalue weighted by molar-refractivity contribution is 0.438. The fraction of sp³-hybridized carbons (Fsp3) is 0.429. The molecule has 3 heteroatoms. The van der Waals surface area contributed by atoms with Gasteiger partial charge in [0, 0.05) is 11.3 Å². The second-order valence-corrected chi connectivity index (χ2v) is 7.29. The van der Waals surface area contributed by atoms with Gasteiger partial charge >= 0.3 is 0 Å². The van der Waals surface area contributed by atoms with Crippen molar-refractivity contribution in [2.75, 3.05) is 0 Å². The molecular formula is C21H24N2O. The highest BCUT2D eigenvalue weighted by Crippen LogP contribution is 2.39. The number of pyridine rings is 1. The lowest BCUT2D eigenvalue weighted by Gasteiger charge is -2.28. The van der Waals surface area contributed by atoms with Crippen LogP contribution in [0.15, 0.2) is 29.1 Å². The highest BCUT2D eigenvalue weighted by molar-refractivity contribution is 5.75. The fourth-order valence-corrected chi connectivity index (χ4v) is 3.89. The van der Waals surface area contributed by atoms with E-state index in [0.717, 1.165) is 42.5 Å². The van der Waals surface area contributed by atoms with Crippen molar-refractivity contribution in [3.05, 3.63) is 57.0 Å². The number of rotatable bonds is 3. The van der Waals surface area contributed by atoms with Gasteiger partial charge < -0.3 is 4.98 Å². The van der Waals surface area contributed by atoms with E-state index in [-0.39, 0.29) is 11.1 Å². The van der Waals surface area contributed by atoms with Crippen LogP contribution in [-0.4, -0.2) is 4.98 Å². The van der Waals surface area contributed by atoms with Gasteiger partial charge in [0.2, 0.25) is 0 Å². The molecular weight excluding hydrogens is 296 g/mol. The van der Waals surface area contributed by atoms with Crippen molar-refractivity contribution in [2.24, 2.45) is 5.92 Å². The molecule has 0 saturated carbocycles. The molecule has 1 N–H and O–H groups in total. The van der Waals surface area contributed by atoms with Gasteiger partial charge in [-0.25, -0.2) is 0 Å². The molecule has 1 atom stereocenters. The molecule has 0 saturated heterocycles. The Balaban J connectivity index is 2.24. The van der Waals surface area contributed by atoms with Crippen molar-refractivity contribution >= 4 is 0 Å². The maximum Gasteiger partial charge on any atom is 0.266 e. The molecule has 0 aliphatic heterocycles. The summed E-state index contributed by atoms with van der Waals surface area (Å²) in [5.41, 5.74) is 5.25. The molecule has 1 aromatic heterocycles. The zero-order chi connectivity index (χ0) is 17.3. The minimum Gasteiger partial charge on any atom is -0.324 e. The molecule has 3 nitrogen and oxygen atoms in total. The molecule has 0 fully saturated rings. The second kappa shape index (κ2) is 6.65. The van der Waals surface area contributed by atoms with E-state index in [2.05, 4.69) is 24.9 Å². The lowest BCUT2D eigenvalue weighted by Crippen LogP contribution is -2.23. The van der Waals surface area contributed by atoms with Gasteiger partial charge in [-0.15, -0.1) is 0 Å². The predicted octanol–water partition coefficient (Wildman–Crippen LogP) is 4.69. The zero-order valence-electron chi connectivity index (χ0n) is 14.6. The molecule has 0 bridgehead atoms. The van der Waals surface area contributed by atoms with Crippen molar-refractivity contribution in [3.63, 3.8) is 0 Å². The third kappa shape index (κ3) is 3.01. The third-order valence-corrected chi connectivity index (χ3v) is 4.95. The standard InChI is InChI=1S/C21H24N2O/c1-13(2)11-16-5-4-6-17-19(15-9-7-14(3)8-10-15)18(12-22)21(24)23-20(16)17/h7-10,13,16H,4-6,11H2,1-3H3,(H,23,24). The summed E-state index contributed by atoms with van der Waals surface area (Å²) in [4.78, 5) is 15.6. The van der Waals surface area contributed by atoms with Gasteiger partial charge in [-0.3, -0.25) is 4.79 Å². The van der Waals surface area contributed by atoms with Crippen LogP contribution in [0.4, 0.5) is 0 Å². The number of H-pyrrole nitrogens is 1. The largest absolute Gasteiger partial charge is 0.324 e. The summed E-state index contributed by atoms with van der Waals surface area (Å²) < 4.78 is 0. The fourth-order valence-electron chi connectivity index (χ4n) is 3.89. The van der Waals surface area contributed by atoms with Crippen molar-refractivity contribution < 1.29 is 0 Å². The van der Waals surface area contributed by atoms with Crippen LogP contribution in [0.5, 0.6) is 0 Å². The Morgan fingerprint density at radius 1 is 1.29 bits per heavy atom. The van der Waals surface area contributed by atoms with Crippen LogP contribution in [0, 0.1) is 24.2 Å². The summed E-state index contributed by atoms with van der Waals surface area (Å²) in [6.45, 7) is 6.48. The molecule has 0 amide bonds. The molecule has 24 heavy (non-hydrogen) atoms. The first-order valence-electron chi connectivity index (χ1n) is 8.77. The van der Waals surface area contributed by atoms with Crippen LogP contribution in [0.2, 0.25) is 0 Å². The second-order valence-electron chi connectivity index (χ2n) is 7.29. The first kappa shape index (κ1) is 16.5. The minimum absolute atomic E-state index is 0.248.